The van der Waals surface area contributed by atoms with Crippen LogP contribution in [0.15, 0.2) is 0 Å². The number of hydrogen-bond acceptors (Lipinski definition) is 3. The van der Waals surface area contributed by atoms with Crippen LogP contribution in [0.25, 0.3) is 0 Å². The first kappa shape index (κ1) is 13.6. The van der Waals surface area contributed by atoms with Crippen LogP contribution in [-0.4, -0.2) is 5.97 Å². The van der Waals surface area contributed by atoms with Gasteiger partial charge >= 0.3 is 57.4 Å². The van der Waals surface area contributed by atoms with Crippen LogP contribution >= 0.6 is 0 Å². The normalized spacial score (nSPS) is 8.20. The molecule has 0 unspecified atom stereocenters. The molecule has 0 fully saturated rings. The summed E-state index contributed by atoms with van der Waals surface area (Å²) in [6.07, 6.45) is 3.50. The van der Waals surface area contributed by atoms with Gasteiger partial charge in [-0.25, -0.2) is 0 Å². The second-order valence-electron chi connectivity index (χ2n) is 1.95. The van der Waals surface area contributed by atoms with Gasteiger partial charge in [-0.1, -0.05) is 19.8 Å². The minimum absolute atomic E-state index is 0. The van der Waals surface area contributed by atoms with Crippen molar-refractivity contribution in [3.63, 3.8) is 0 Å². The van der Waals surface area contributed by atoms with Crippen molar-refractivity contribution in [3.8, 4) is 0 Å². The van der Waals surface area contributed by atoms with Crippen LogP contribution in [0.2, 0.25) is 0 Å². The molecule has 0 aromatic rings. The summed E-state index contributed by atoms with van der Waals surface area (Å²) in [6.45, 7) is 2.08. The summed E-state index contributed by atoms with van der Waals surface area (Å²) in [7, 11) is 0. The third-order valence-corrected chi connectivity index (χ3v) is 1.12. The van der Waals surface area contributed by atoms with Crippen molar-refractivity contribution in [1.82, 2.24) is 0 Å². The fourth-order valence-electron chi connectivity index (χ4n) is 0.578. The number of carbonyl (C=O) groups is 1. The molecule has 3 nitrogen and oxygen atoms in total. The van der Waals surface area contributed by atoms with E-state index in [0.29, 0.717) is 6.42 Å². The molecule has 0 aliphatic heterocycles. The van der Waals surface area contributed by atoms with Crippen LogP contribution in [0.1, 0.15) is 34.0 Å². The Kier molecular flexibility index (Phi) is 13.7. The van der Waals surface area contributed by atoms with Gasteiger partial charge in [-0.05, 0) is 6.42 Å². The summed E-state index contributed by atoms with van der Waals surface area (Å²) in [6, 6.07) is 0. The Bertz CT molecular complexity index is 92.7. The number of unbranched alkanes of at least 4 members (excludes halogenated alkanes) is 2. The molecule has 0 rings (SSSR count). The third kappa shape index (κ3) is 9.07. The number of rotatable bonds is 4. The van der Waals surface area contributed by atoms with Crippen molar-refractivity contribution in [3.05, 3.63) is 0 Å². The Morgan fingerprint density at radius 2 is 2.20 bits per heavy atom. The maximum atomic E-state index is 10.3. The van der Waals surface area contributed by atoms with Gasteiger partial charge in [-0.3, -0.25) is 4.79 Å². The van der Waals surface area contributed by atoms with Crippen molar-refractivity contribution in [2.24, 2.45) is 5.90 Å². The minimum atomic E-state index is -0.316. The SMILES string of the molecule is CCCCCC(=O)ON.[H-].[K+]. The van der Waals surface area contributed by atoms with Gasteiger partial charge in [-0.15, -0.1) is 0 Å². The molecule has 0 heterocycles. The molecule has 0 saturated heterocycles. The van der Waals surface area contributed by atoms with E-state index < -0.39 is 0 Å². The maximum Gasteiger partial charge on any atom is 1.00 e. The smallest absolute Gasteiger partial charge is 1.00 e. The molecule has 0 radical (unpaired) electrons. The second-order valence-corrected chi connectivity index (χ2v) is 1.95. The van der Waals surface area contributed by atoms with Gasteiger partial charge < -0.3 is 6.26 Å². The fourth-order valence-corrected chi connectivity index (χ4v) is 0.578. The minimum Gasteiger partial charge on any atom is -1.00 e. The Morgan fingerprint density at radius 1 is 1.60 bits per heavy atom. The molecule has 56 valence electrons. The van der Waals surface area contributed by atoms with Gasteiger partial charge in [0.25, 0.3) is 0 Å². The van der Waals surface area contributed by atoms with E-state index in [-0.39, 0.29) is 58.8 Å². The van der Waals surface area contributed by atoms with Crippen LogP contribution in [-0.2, 0) is 9.63 Å². The summed E-state index contributed by atoms with van der Waals surface area (Å²) in [4.78, 5) is 14.3. The second kappa shape index (κ2) is 10.1. The Labute approximate surface area is 106 Å². The number of carbonyl (C=O) groups excluding carboxylic acids is 1. The van der Waals surface area contributed by atoms with E-state index in [2.05, 4.69) is 17.7 Å². The van der Waals surface area contributed by atoms with Crippen LogP contribution in [0.5, 0.6) is 0 Å². The van der Waals surface area contributed by atoms with E-state index in [9.17, 15) is 4.79 Å². The predicted octanol–water partition coefficient (Wildman–Crippen LogP) is -1.90. The summed E-state index contributed by atoms with van der Waals surface area (Å²) in [5.74, 6) is 4.29. The molecule has 10 heavy (non-hydrogen) atoms. The Balaban J connectivity index is -0.000000320. The molecule has 4 heteroatoms. The third-order valence-electron chi connectivity index (χ3n) is 1.12. The predicted molar refractivity (Wildman–Crippen MR) is 35.5 cm³/mol. The van der Waals surface area contributed by atoms with Gasteiger partial charge in [0.05, 0.1) is 0 Å². The van der Waals surface area contributed by atoms with Crippen molar-refractivity contribution in [1.29, 1.82) is 0 Å². The first-order chi connectivity index (χ1) is 4.31. The number of nitrogens with two attached hydrogens (primary N) is 1. The van der Waals surface area contributed by atoms with Crippen molar-refractivity contribution < 1.29 is 62.4 Å². The van der Waals surface area contributed by atoms with E-state index >= 15 is 0 Å². The molecule has 0 amide bonds. The Hall–Kier alpha value is 1.07. The van der Waals surface area contributed by atoms with E-state index in [1.54, 1.807) is 0 Å². The molecular formula is C6H14KNO2. The quantitative estimate of drug-likeness (QED) is 0.305. The van der Waals surface area contributed by atoms with Gasteiger partial charge in [0.2, 0.25) is 0 Å². The summed E-state index contributed by atoms with van der Waals surface area (Å²) in [5, 5.41) is 0. The van der Waals surface area contributed by atoms with E-state index in [1.165, 1.54) is 0 Å². The topological polar surface area (TPSA) is 52.3 Å². The molecule has 2 N–H and O–H groups in total. The molecular weight excluding hydrogens is 157 g/mol. The van der Waals surface area contributed by atoms with Gasteiger partial charge in [0.1, 0.15) is 0 Å². The van der Waals surface area contributed by atoms with E-state index in [1.807, 2.05) is 0 Å². The zero-order valence-electron chi connectivity index (χ0n) is 7.72. The summed E-state index contributed by atoms with van der Waals surface area (Å²) >= 11 is 0. The van der Waals surface area contributed by atoms with Gasteiger partial charge in [0.15, 0.2) is 0 Å². The van der Waals surface area contributed by atoms with Crippen LogP contribution < -0.4 is 57.3 Å². The molecule has 0 aromatic heterocycles. The standard InChI is InChI=1S/C6H13NO2.K.H/c1-2-3-4-5-6(8)9-7;;/h2-5,7H2,1H3;;/q;+1;-1. The number of hydrogen-bond donors (Lipinski definition) is 1. The Morgan fingerprint density at radius 3 is 2.60 bits per heavy atom. The van der Waals surface area contributed by atoms with E-state index in [4.69, 9.17) is 0 Å². The van der Waals surface area contributed by atoms with Crippen LogP contribution in [0.3, 0.4) is 0 Å². The monoisotopic (exact) mass is 171 g/mol. The van der Waals surface area contributed by atoms with Crippen LogP contribution in [0, 0.1) is 0 Å². The zero-order valence-corrected chi connectivity index (χ0v) is 9.85. The fraction of sp³-hybridized carbons (Fsp3) is 0.833. The van der Waals surface area contributed by atoms with Crippen LogP contribution in [0.4, 0.5) is 0 Å². The van der Waals surface area contributed by atoms with Crippen molar-refractivity contribution in [2.45, 2.75) is 32.6 Å². The zero-order chi connectivity index (χ0) is 7.11. The molecule has 0 bridgehead atoms. The first-order valence-corrected chi connectivity index (χ1v) is 3.20. The summed E-state index contributed by atoms with van der Waals surface area (Å²) in [5.41, 5.74) is 0. The molecule has 0 aliphatic carbocycles. The van der Waals surface area contributed by atoms with Gasteiger partial charge in [-0.2, -0.15) is 5.90 Å². The largest absolute Gasteiger partial charge is 1.00 e. The summed E-state index contributed by atoms with van der Waals surface area (Å²) < 4.78 is 0. The van der Waals surface area contributed by atoms with E-state index in [0.717, 1.165) is 19.3 Å². The molecule has 0 saturated carbocycles. The molecule has 0 aromatic carbocycles. The first-order valence-electron chi connectivity index (χ1n) is 3.20. The average molecular weight is 171 g/mol. The molecule has 0 atom stereocenters. The van der Waals surface area contributed by atoms with Gasteiger partial charge in [0, 0.05) is 6.42 Å². The van der Waals surface area contributed by atoms with Crippen molar-refractivity contribution in [2.75, 3.05) is 0 Å². The molecule has 0 spiro atoms. The average Bonchev–Trinajstić information content (AvgIpc) is 1.89. The molecule has 0 aliphatic rings. The maximum absolute atomic E-state index is 10.3. The van der Waals surface area contributed by atoms with Crippen molar-refractivity contribution >= 4 is 5.97 Å².